The first kappa shape index (κ1) is 6.70. The first-order valence-corrected chi connectivity index (χ1v) is 3.07. The second-order valence-electron chi connectivity index (χ2n) is 2.22. The number of nitrogen functional groups attached to an aromatic ring is 1. The van der Waals surface area contributed by atoms with Crippen LogP contribution >= 0.6 is 0 Å². The van der Waals surface area contributed by atoms with Gasteiger partial charge in [-0.3, -0.25) is 0 Å². The van der Waals surface area contributed by atoms with Gasteiger partial charge in [0.15, 0.2) is 0 Å². The lowest BCUT2D eigenvalue weighted by Gasteiger charge is -1.97. The molecule has 50 valence electrons. The Morgan fingerprint density at radius 2 is 2.20 bits per heavy atom. The Labute approximate surface area is 60.9 Å². The van der Waals surface area contributed by atoms with E-state index in [2.05, 4.69) is 5.92 Å². The van der Waals surface area contributed by atoms with Crippen molar-refractivity contribution >= 4 is 5.69 Å². The standard InChI is InChI=1S/C9H9N/c1-3-8-6-9(10)5-4-7(8)2/h1,4-6H,10H2,2H3. The summed E-state index contributed by atoms with van der Waals surface area (Å²) in [5.74, 6) is 2.56. The van der Waals surface area contributed by atoms with Crippen molar-refractivity contribution in [2.75, 3.05) is 5.73 Å². The van der Waals surface area contributed by atoms with Gasteiger partial charge in [-0.2, -0.15) is 0 Å². The fraction of sp³-hybridized carbons (Fsp3) is 0.111. The first-order chi connectivity index (χ1) is 4.74. The van der Waals surface area contributed by atoms with Crippen LogP contribution in [0.5, 0.6) is 0 Å². The number of nitrogens with two attached hydrogens (primary N) is 1. The quantitative estimate of drug-likeness (QED) is 0.419. The molecule has 0 saturated heterocycles. The van der Waals surface area contributed by atoms with Crippen LogP contribution in [0.25, 0.3) is 0 Å². The molecule has 0 bridgehead atoms. The minimum Gasteiger partial charge on any atom is -0.399 e. The van der Waals surface area contributed by atoms with Crippen molar-refractivity contribution in [3.05, 3.63) is 29.3 Å². The van der Waals surface area contributed by atoms with E-state index in [9.17, 15) is 0 Å². The van der Waals surface area contributed by atoms with Gasteiger partial charge in [0.2, 0.25) is 0 Å². The van der Waals surface area contributed by atoms with Gasteiger partial charge in [0, 0.05) is 11.3 Å². The van der Waals surface area contributed by atoms with E-state index in [0.29, 0.717) is 0 Å². The fourth-order valence-electron chi connectivity index (χ4n) is 0.795. The summed E-state index contributed by atoms with van der Waals surface area (Å²) in [6.07, 6.45) is 5.21. The monoisotopic (exact) mass is 131 g/mol. The Balaban J connectivity index is 3.25. The van der Waals surface area contributed by atoms with Crippen molar-refractivity contribution in [3.63, 3.8) is 0 Å². The fourth-order valence-corrected chi connectivity index (χ4v) is 0.795. The van der Waals surface area contributed by atoms with E-state index in [-0.39, 0.29) is 0 Å². The molecule has 0 heterocycles. The molecule has 0 fully saturated rings. The van der Waals surface area contributed by atoms with Crippen molar-refractivity contribution in [2.24, 2.45) is 0 Å². The maximum absolute atomic E-state index is 5.51. The summed E-state index contributed by atoms with van der Waals surface area (Å²) in [6.45, 7) is 1.97. The van der Waals surface area contributed by atoms with Gasteiger partial charge in [-0.1, -0.05) is 12.0 Å². The molecule has 1 rings (SSSR count). The van der Waals surface area contributed by atoms with Crippen molar-refractivity contribution in [2.45, 2.75) is 6.92 Å². The predicted octanol–water partition coefficient (Wildman–Crippen LogP) is 1.56. The highest BCUT2D eigenvalue weighted by molar-refractivity contribution is 5.50. The van der Waals surface area contributed by atoms with Crippen LogP contribution in [0, 0.1) is 19.3 Å². The molecule has 0 aliphatic rings. The molecule has 10 heavy (non-hydrogen) atoms. The van der Waals surface area contributed by atoms with Crippen LogP contribution in [0.15, 0.2) is 18.2 Å². The summed E-state index contributed by atoms with van der Waals surface area (Å²) >= 11 is 0. The third-order valence-electron chi connectivity index (χ3n) is 1.42. The highest BCUT2D eigenvalue weighted by Gasteiger charge is 1.92. The molecule has 0 unspecified atom stereocenters. The molecule has 1 nitrogen and oxygen atoms in total. The highest BCUT2D eigenvalue weighted by Crippen LogP contribution is 2.10. The van der Waals surface area contributed by atoms with E-state index in [1.807, 2.05) is 19.1 Å². The van der Waals surface area contributed by atoms with Gasteiger partial charge < -0.3 is 5.73 Å². The zero-order chi connectivity index (χ0) is 7.56. The van der Waals surface area contributed by atoms with Crippen LogP contribution in [-0.4, -0.2) is 0 Å². The molecule has 0 atom stereocenters. The number of rotatable bonds is 0. The molecule has 0 aromatic heterocycles. The van der Waals surface area contributed by atoms with Gasteiger partial charge in [0.25, 0.3) is 0 Å². The number of terminal acetylenes is 1. The van der Waals surface area contributed by atoms with Crippen LogP contribution in [-0.2, 0) is 0 Å². The van der Waals surface area contributed by atoms with E-state index >= 15 is 0 Å². The van der Waals surface area contributed by atoms with Gasteiger partial charge in [-0.25, -0.2) is 0 Å². The van der Waals surface area contributed by atoms with Crippen LogP contribution < -0.4 is 5.73 Å². The van der Waals surface area contributed by atoms with Crippen molar-refractivity contribution in [1.82, 2.24) is 0 Å². The molecule has 0 aliphatic carbocycles. The van der Waals surface area contributed by atoms with Gasteiger partial charge >= 0.3 is 0 Å². The Hall–Kier alpha value is -1.42. The highest BCUT2D eigenvalue weighted by atomic mass is 14.5. The predicted molar refractivity (Wildman–Crippen MR) is 43.5 cm³/mol. The van der Waals surface area contributed by atoms with Crippen molar-refractivity contribution in [1.29, 1.82) is 0 Å². The summed E-state index contributed by atoms with van der Waals surface area (Å²) in [7, 11) is 0. The van der Waals surface area contributed by atoms with E-state index in [1.165, 1.54) is 0 Å². The molecular weight excluding hydrogens is 122 g/mol. The molecule has 0 saturated carbocycles. The average Bonchev–Trinajstić information content (AvgIpc) is 1.94. The Bertz CT molecular complexity index is 281. The Kier molecular flexibility index (Phi) is 1.64. The molecule has 1 aromatic rings. The Morgan fingerprint density at radius 3 is 2.70 bits per heavy atom. The normalized spacial score (nSPS) is 8.80. The summed E-state index contributed by atoms with van der Waals surface area (Å²) in [4.78, 5) is 0. The zero-order valence-corrected chi connectivity index (χ0v) is 5.89. The first-order valence-electron chi connectivity index (χ1n) is 3.07. The van der Waals surface area contributed by atoms with E-state index in [4.69, 9.17) is 12.2 Å². The topological polar surface area (TPSA) is 26.0 Å². The van der Waals surface area contributed by atoms with E-state index in [0.717, 1.165) is 16.8 Å². The molecule has 0 amide bonds. The number of hydrogen-bond donors (Lipinski definition) is 1. The third-order valence-corrected chi connectivity index (χ3v) is 1.42. The molecule has 1 aromatic carbocycles. The second-order valence-corrected chi connectivity index (χ2v) is 2.22. The van der Waals surface area contributed by atoms with E-state index in [1.54, 1.807) is 6.07 Å². The average molecular weight is 131 g/mol. The number of anilines is 1. The van der Waals surface area contributed by atoms with Crippen molar-refractivity contribution in [3.8, 4) is 12.3 Å². The van der Waals surface area contributed by atoms with Gasteiger partial charge in [0.05, 0.1) is 0 Å². The lowest BCUT2D eigenvalue weighted by molar-refractivity contribution is 1.44. The van der Waals surface area contributed by atoms with E-state index < -0.39 is 0 Å². The summed E-state index contributed by atoms with van der Waals surface area (Å²) in [5.41, 5.74) is 8.20. The van der Waals surface area contributed by atoms with Crippen LogP contribution in [0.3, 0.4) is 0 Å². The maximum Gasteiger partial charge on any atom is 0.0326 e. The number of hydrogen-bond acceptors (Lipinski definition) is 1. The lowest BCUT2D eigenvalue weighted by atomic mass is 10.1. The van der Waals surface area contributed by atoms with Crippen LogP contribution in [0.4, 0.5) is 5.69 Å². The largest absolute Gasteiger partial charge is 0.399 e. The minimum atomic E-state index is 0.721. The molecule has 2 N–H and O–H groups in total. The summed E-state index contributed by atoms with van der Waals surface area (Å²) in [6, 6.07) is 5.57. The third kappa shape index (κ3) is 1.11. The Morgan fingerprint density at radius 1 is 1.50 bits per heavy atom. The van der Waals surface area contributed by atoms with Gasteiger partial charge in [0.1, 0.15) is 0 Å². The summed E-state index contributed by atoms with van der Waals surface area (Å²) in [5, 5.41) is 0. The maximum atomic E-state index is 5.51. The number of aryl methyl sites for hydroxylation is 1. The molecule has 0 radical (unpaired) electrons. The molecular formula is C9H9N. The van der Waals surface area contributed by atoms with Crippen molar-refractivity contribution < 1.29 is 0 Å². The molecule has 1 heteroatoms. The van der Waals surface area contributed by atoms with Crippen LogP contribution in [0.1, 0.15) is 11.1 Å². The van der Waals surface area contributed by atoms with Gasteiger partial charge in [-0.15, -0.1) is 6.42 Å². The lowest BCUT2D eigenvalue weighted by Crippen LogP contribution is -1.87. The second kappa shape index (κ2) is 2.45. The van der Waals surface area contributed by atoms with Gasteiger partial charge in [-0.05, 0) is 24.6 Å². The summed E-state index contributed by atoms with van der Waals surface area (Å²) < 4.78 is 0. The molecule has 0 spiro atoms. The number of benzene rings is 1. The molecule has 0 aliphatic heterocycles. The SMILES string of the molecule is C#Cc1cc(N)ccc1C. The minimum absolute atomic E-state index is 0.721. The van der Waals surface area contributed by atoms with Crippen LogP contribution in [0.2, 0.25) is 0 Å². The zero-order valence-electron chi connectivity index (χ0n) is 5.89. The smallest absolute Gasteiger partial charge is 0.0326 e.